The Hall–Kier alpha value is -3.55. The molecule has 2 N–H and O–H groups in total. The van der Waals surface area contributed by atoms with Crippen molar-refractivity contribution in [2.75, 3.05) is 43.5 Å². The highest BCUT2D eigenvalue weighted by Crippen LogP contribution is 2.32. The molecular formula is C26H31N3O5. The van der Waals surface area contributed by atoms with Crippen molar-refractivity contribution in [3.63, 3.8) is 0 Å². The zero-order valence-electron chi connectivity index (χ0n) is 19.4. The topological polar surface area (TPSA) is 99.2 Å². The molecule has 2 aromatic rings. The number of para-hydroxylation sites is 3. The Morgan fingerprint density at radius 2 is 1.56 bits per heavy atom. The first-order valence-corrected chi connectivity index (χ1v) is 11.8. The monoisotopic (exact) mass is 465 g/mol. The Bertz CT molecular complexity index is 1050. The number of benzene rings is 2. The Labute approximate surface area is 199 Å². The lowest BCUT2D eigenvalue weighted by atomic mass is 9.78. The van der Waals surface area contributed by atoms with Gasteiger partial charge < -0.3 is 25.0 Å². The van der Waals surface area contributed by atoms with Gasteiger partial charge in [0.15, 0.2) is 0 Å². The molecule has 1 saturated carbocycles. The number of hydrogen-bond donors (Lipinski definition) is 2. The molecule has 8 heteroatoms. The molecule has 0 unspecified atom stereocenters. The van der Waals surface area contributed by atoms with Crippen molar-refractivity contribution in [3.05, 3.63) is 54.1 Å². The predicted octanol–water partition coefficient (Wildman–Crippen LogP) is 3.49. The van der Waals surface area contributed by atoms with Crippen LogP contribution in [-0.2, 0) is 9.59 Å². The third-order valence-electron chi connectivity index (χ3n) is 6.83. The zero-order chi connectivity index (χ0) is 24.1. The first-order chi connectivity index (χ1) is 16.5. The first-order valence-electron chi connectivity index (χ1n) is 11.8. The summed E-state index contributed by atoms with van der Waals surface area (Å²) in [6.07, 6.45) is 2.70. The Kier molecular flexibility index (Phi) is 7.35. The van der Waals surface area contributed by atoms with Gasteiger partial charge in [-0.05, 0) is 37.1 Å². The molecule has 2 amide bonds. The largest absolute Gasteiger partial charge is 0.495 e. The number of hydrogen-bond acceptors (Lipinski definition) is 5. The number of aliphatic carboxylic acids is 1. The number of carboxylic acid groups (broad SMARTS) is 1. The zero-order valence-corrected chi connectivity index (χ0v) is 19.4. The average molecular weight is 466 g/mol. The molecule has 1 heterocycles. The van der Waals surface area contributed by atoms with Crippen LogP contribution in [0.2, 0.25) is 0 Å². The smallest absolute Gasteiger partial charge is 0.307 e. The highest BCUT2D eigenvalue weighted by Gasteiger charge is 2.36. The van der Waals surface area contributed by atoms with Crippen molar-refractivity contribution < 1.29 is 24.2 Å². The van der Waals surface area contributed by atoms with Crippen LogP contribution in [0.4, 0.5) is 11.4 Å². The summed E-state index contributed by atoms with van der Waals surface area (Å²) in [7, 11) is 1.65. The van der Waals surface area contributed by atoms with E-state index >= 15 is 0 Å². The molecule has 1 aliphatic carbocycles. The fourth-order valence-electron chi connectivity index (χ4n) is 4.96. The number of methoxy groups -OCH3 is 1. The van der Waals surface area contributed by atoms with Gasteiger partial charge >= 0.3 is 5.97 Å². The van der Waals surface area contributed by atoms with Crippen LogP contribution < -0.4 is 15.0 Å². The number of carbonyl (C=O) groups excluding carboxylic acids is 2. The SMILES string of the molecule is COc1ccccc1N1CCN(C(=O)c2ccccc2NC(=O)[C@H]2CCCC[C@@H]2C(=O)O)CC1. The summed E-state index contributed by atoms with van der Waals surface area (Å²) in [6.45, 7) is 2.43. The Morgan fingerprint density at radius 1 is 0.912 bits per heavy atom. The maximum absolute atomic E-state index is 13.4. The predicted molar refractivity (Wildman–Crippen MR) is 129 cm³/mol. The number of nitrogens with zero attached hydrogens (tertiary/aromatic N) is 2. The van der Waals surface area contributed by atoms with Gasteiger partial charge in [-0.15, -0.1) is 0 Å². The number of amides is 2. The molecule has 2 atom stereocenters. The van der Waals surface area contributed by atoms with Crippen LogP contribution in [0.3, 0.4) is 0 Å². The molecule has 0 radical (unpaired) electrons. The second kappa shape index (κ2) is 10.6. The van der Waals surface area contributed by atoms with Crippen molar-refractivity contribution in [2.45, 2.75) is 25.7 Å². The third kappa shape index (κ3) is 5.00. The lowest BCUT2D eigenvalue weighted by Crippen LogP contribution is -2.49. The van der Waals surface area contributed by atoms with E-state index in [1.165, 1.54) is 0 Å². The van der Waals surface area contributed by atoms with Gasteiger partial charge in [-0.1, -0.05) is 37.1 Å². The summed E-state index contributed by atoms with van der Waals surface area (Å²) in [5.74, 6) is -1.87. The van der Waals surface area contributed by atoms with Crippen molar-refractivity contribution in [1.82, 2.24) is 4.90 Å². The average Bonchev–Trinajstić information content (AvgIpc) is 2.88. The number of anilines is 2. The van der Waals surface area contributed by atoms with E-state index in [9.17, 15) is 19.5 Å². The minimum atomic E-state index is -0.933. The quantitative estimate of drug-likeness (QED) is 0.678. The van der Waals surface area contributed by atoms with Crippen LogP contribution in [0, 0.1) is 11.8 Å². The van der Waals surface area contributed by atoms with Gasteiger partial charge in [-0.25, -0.2) is 0 Å². The summed E-state index contributed by atoms with van der Waals surface area (Å²) in [5.41, 5.74) is 1.86. The number of rotatable bonds is 6. The van der Waals surface area contributed by atoms with E-state index in [2.05, 4.69) is 10.2 Å². The highest BCUT2D eigenvalue weighted by molar-refractivity contribution is 6.04. The molecule has 2 aromatic carbocycles. The number of carbonyl (C=O) groups is 3. The van der Waals surface area contributed by atoms with Crippen LogP contribution in [0.1, 0.15) is 36.0 Å². The van der Waals surface area contributed by atoms with Crippen molar-refractivity contribution >= 4 is 29.2 Å². The van der Waals surface area contributed by atoms with E-state index in [-0.39, 0.29) is 11.8 Å². The van der Waals surface area contributed by atoms with E-state index in [1.807, 2.05) is 24.3 Å². The first kappa shape index (κ1) is 23.6. The van der Waals surface area contributed by atoms with E-state index in [0.29, 0.717) is 50.3 Å². The summed E-state index contributed by atoms with van der Waals surface area (Å²) in [4.78, 5) is 41.9. The van der Waals surface area contributed by atoms with E-state index in [4.69, 9.17) is 4.74 Å². The van der Waals surface area contributed by atoms with Gasteiger partial charge in [-0.3, -0.25) is 14.4 Å². The summed E-state index contributed by atoms with van der Waals surface area (Å²) in [6, 6.07) is 14.8. The van der Waals surface area contributed by atoms with Gasteiger partial charge in [0.05, 0.1) is 35.9 Å². The van der Waals surface area contributed by atoms with Crippen LogP contribution in [0.15, 0.2) is 48.5 Å². The maximum atomic E-state index is 13.4. The molecule has 4 rings (SSSR count). The van der Waals surface area contributed by atoms with Crippen LogP contribution in [0.5, 0.6) is 5.75 Å². The van der Waals surface area contributed by atoms with Gasteiger partial charge in [0, 0.05) is 26.2 Å². The second-order valence-corrected chi connectivity index (χ2v) is 8.82. The highest BCUT2D eigenvalue weighted by atomic mass is 16.5. The molecule has 1 aliphatic heterocycles. The minimum absolute atomic E-state index is 0.144. The number of carboxylic acids is 1. The summed E-state index contributed by atoms with van der Waals surface area (Å²) >= 11 is 0. The van der Waals surface area contributed by atoms with E-state index < -0.39 is 17.8 Å². The van der Waals surface area contributed by atoms with E-state index in [0.717, 1.165) is 24.3 Å². The Balaban J connectivity index is 1.44. The van der Waals surface area contributed by atoms with Crippen LogP contribution >= 0.6 is 0 Å². The van der Waals surface area contributed by atoms with Gasteiger partial charge in [-0.2, -0.15) is 0 Å². The number of piperazine rings is 1. The van der Waals surface area contributed by atoms with Gasteiger partial charge in [0.2, 0.25) is 5.91 Å². The minimum Gasteiger partial charge on any atom is -0.495 e. The van der Waals surface area contributed by atoms with Crippen LogP contribution in [-0.4, -0.2) is 61.1 Å². The number of ether oxygens (including phenoxy) is 1. The molecule has 2 aliphatic rings. The van der Waals surface area contributed by atoms with E-state index in [1.54, 1.807) is 36.3 Å². The van der Waals surface area contributed by atoms with Crippen molar-refractivity contribution in [2.24, 2.45) is 11.8 Å². The fourth-order valence-corrected chi connectivity index (χ4v) is 4.96. The lowest BCUT2D eigenvalue weighted by molar-refractivity contribution is -0.147. The molecule has 2 fully saturated rings. The summed E-state index contributed by atoms with van der Waals surface area (Å²) < 4.78 is 5.47. The third-order valence-corrected chi connectivity index (χ3v) is 6.83. The standard InChI is InChI=1S/C26H31N3O5/c1-34-23-13-7-6-12-22(23)28-14-16-29(17-15-28)25(31)20-10-4-5-11-21(20)27-24(30)18-8-2-3-9-19(18)26(32)33/h4-7,10-13,18-19H,2-3,8-9,14-17H2,1H3,(H,27,30)(H,32,33)/t18-,19-/m0/s1. The van der Waals surface area contributed by atoms with Crippen LogP contribution in [0.25, 0.3) is 0 Å². The van der Waals surface area contributed by atoms with Crippen molar-refractivity contribution in [3.8, 4) is 5.75 Å². The van der Waals surface area contributed by atoms with Gasteiger partial charge in [0.1, 0.15) is 5.75 Å². The lowest BCUT2D eigenvalue weighted by Gasteiger charge is -2.37. The fraction of sp³-hybridized carbons (Fsp3) is 0.423. The van der Waals surface area contributed by atoms with Gasteiger partial charge in [0.25, 0.3) is 5.91 Å². The molecular weight excluding hydrogens is 434 g/mol. The molecule has 1 saturated heterocycles. The molecule has 0 aromatic heterocycles. The molecule has 0 spiro atoms. The maximum Gasteiger partial charge on any atom is 0.307 e. The molecule has 8 nitrogen and oxygen atoms in total. The molecule has 34 heavy (non-hydrogen) atoms. The molecule has 180 valence electrons. The second-order valence-electron chi connectivity index (χ2n) is 8.82. The number of nitrogens with one attached hydrogen (secondary N) is 1. The van der Waals surface area contributed by atoms with Crippen molar-refractivity contribution in [1.29, 1.82) is 0 Å². The Morgan fingerprint density at radius 3 is 2.26 bits per heavy atom. The molecule has 0 bridgehead atoms. The summed E-state index contributed by atoms with van der Waals surface area (Å²) in [5, 5.41) is 12.4. The normalized spacial score (nSPS) is 20.5.